The zero-order valence-electron chi connectivity index (χ0n) is 14.2. The molecule has 0 aromatic heterocycles. The van der Waals surface area contributed by atoms with Crippen LogP contribution in [0, 0.1) is 23.7 Å². The Labute approximate surface area is 133 Å². The molecule has 8 atom stereocenters. The Morgan fingerprint density at radius 1 is 1.09 bits per heavy atom. The molecule has 3 unspecified atom stereocenters. The highest BCUT2D eigenvalue weighted by Crippen LogP contribution is 2.57. The first-order valence-corrected chi connectivity index (χ1v) is 8.74. The van der Waals surface area contributed by atoms with Gasteiger partial charge in [0.05, 0.1) is 6.10 Å². The standard InChI is InChI=1S/C17H30O5/c1-5-12-7-9-13-11(3)15(19-4)21-16-17(13,22-18)14(12)8-6-10(2)20-16/h10-16,18H,5-9H2,1-4H3/t10?,11-,12-,13?,14?,15+,16+,17+/m1/s1. The Morgan fingerprint density at radius 3 is 2.45 bits per heavy atom. The number of ether oxygens (including phenoxy) is 3. The maximum absolute atomic E-state index is 9.98. The summed E-state index contributed by atoms with van der Waals surface area (Å²) in [4.78, 5) is 5.27. The van der Waals surface area contributed by atoms with Crippen LogP contribution < -0.4 is 0 Å². The average Bonchev–Trinajstić information content (AvgIpc) is 2.68. The van der Waals surface area contributed by atoms with Crippen LogP contribution in [0.5, 0.6) is 0 Å². The van der Waals surface area contributed by atoms with Crippen molar-refractivity contribution in [2.75, 3.05) is 7.11 Å². The second-order valence-electron chi connectivity index (χ2n) is 7.36. The van der Waals surface area contributed by atoms with E-state index in [0.29, 0.717) is 5.92 Å². The number of methoxy groups -OCH3 is 1. The topological polar surface area (TPSA) is 57.2 Å². The number of hydrogen-bond acceptors (Lipinski definition) is 5. The summed E-state index contributed by atoms with van der Waals surface area (Å²) in [6, 6.07) is 0. The molecular weight excluding hydrogens is 284 g/mol. The van der Waals surface area contributed by atoms with Crippen LogP contribution in [0.1, 0.15) is 52.9 Å². The molecule has 1 saturated carbocycles. The van der Waals surface area contributed by atoms with Crippen LogP contribution >= 0.6 is 0 Å². The minimum Gasteiger partial charge on any atom is -0.355 e. The van der Waals surface area contributed by atoms with Crippen molar-refractivity contribution in [1.82, 2.24) is 0 Å². The van der Waals surface area contributed by atoms with Crippen molar-refractivity contribution in [2.45, 2.75) is 77.2 Å². The Balaban J connectivity index is 2.03. The van der Waals surface area contributed by atoms with E-state index in [2.05, 4.69) is 20.8 Å². The van der Waals surface area contributed by atoms with Crippen molar-refractivity contribution in [3.05, 3.63) is 0 Å². The summed E-state index contributed by atoms with van der Waals surface area (Å²) < 4.78 is 17.8. The van der Waals surface area contributed by atoms with E-state index in [9.17, 15) is 5.26 Å². The van der Waals surface area contributed by atoms with Gasteiger partial charge in [-0.05, 0) is 44.4 Å². The molecule has 3 aliphatic rings. The van der Waals surface area contributed by atoms with Gasteiger partial charge in [-0.15, -0.1) is 0 Å². The van der Waals surface area contributed by atoms with Crippen molar-refractivity contribution in [3.63, 3.8) is 0 Å². The fourth-order valence-electron chi connectivity index (χ4n) is 5.26. The maximum atomic E-state index is 9.98. The van der Waals surface area contributed by atoms with E-state index in [-0.39, 0.29) is 30.1 Å². The number of hydrogen-bond donors (Lipinski definition) is 1. The van der Waals surface area contributed by atoms with Crippen molar-refractivity contribution in [3.8, 4) is 0 Å². The van der Waals surface area contributed by atoms with Crippen molar-refractivity contribution < 1.29 is 24.4 Å². The fraction of sp³-hybridized carbons (Fsp3) is 1.00. The molecule has 5 heteroatoms. The Kier molecular flexibility index (Phi) is 4.82. The molecule has 1 N–H and O–H groups in total. The first kappa shape index (κ1) is 16.7. The van der Waals surface area contributed by atoms with Crippen LogP contribution in [0.25, 0.3) is 0 Å². The van der Waals surface area contributed by atoms with Crippen molar-refractivity contribution >= 4 is 0 Å². The molecule has 128 valence electrons. The molecule has 0 amide bonds. The monoisotopic (exact) mass is 314 g/mol. The lowest BCUT2D eigenvalue weighted by atomic mass is 9.57. The smallest absolute Gasteiger partial charge is 0.193 e. The molecule has 2 aliphatic heterocycles. The third-order valence-corrected chi connectivity index (χ3v) is 6.42. The van der Waals surface area contributed by atoms with E-state index in [1.165, 1.54) is 6.42 Å². The van der Waals surface area contributed by atoms with Crippen LogP contribution in [0.3, 0.4) is 0 Å². The molecule has 1 aliphatic carbocycles. The molecule has 2 heterocycles. The fourth-order valence-corrected chi connectivity index (χ4v) is 5.26. The minimum absolute atomic E-state index is 0.103. The van der Waals surface area contributed by atoms with Gasteiger partial charge in [0.15, 0.2) is 18.2 Å². The van der Waals surface area contributed by atoms with Crippen molar-refractivity contribution in [2.24, 2.45) is 23.7 Å². The van der Waals surface area contributed by atoms with Crippen LogP contribution in [0.2, 0.25) is 0 Å². The highest BCUT2D eigenvalue weighted by atomic mass is 17.1. The van der Waals surface area contributed by atoms with Crippen LogP contribution in [-0.2, 0) is 19.1 Å². The van der Waals surface area contributed by atoms with Gasteiger partial charge in [-0.2, -0.15) is 0 Å². The SMILES string of the molecule is CC[C@@H]1CCC2[C@@H](C)[C@@H](OC)O[C@@H]3OC(C)CCC1[C@@]23OO. The van der Waals surface area contributed by atoms with E-state index >= 15 is 0 Å². The lowest BCUT2D eigenvalue weighted by molar-refractivity contribution is -0.459. The first-order chi connectivity index (χ1) is 10.6. The van der Waals surface area contributed by atoms with Gasteiger partial charge in [0.2, 0.25) is 0 Å². The summed E-state index contributed by atoms with van der Waals surface area (Å²) in [5, 5.41) is 9.98. The normalized spacial score (nSPS) is 52.0. The second kappa shape index (κ2) is 6.36. The average molecular weight is 314 g/mol. The van der Waals surface area contributed by atoms with Gasteiger partial charge in [0.1, 0.15) is 0 Å². The highest BCUT2D eigenvalue weighted by molar-refractivity contribution is 5.07. The quantitative estimate of drug-likeness (QED) is 0.639. The molecule has 0 spiro atoms. The molecule has 3 fully saturated rings. The van der Waals surface area contributed by atoms with E-state index in [1.807, 2.05) is 0 Å². The van der Waals surface area contributed by atoms with Gasteiger partial charge in [-0.3, -0.25) is 5.26 Å². The highest BCUT2D eigenvalue weighted by Gasteiger charge is 2.65. The van der Waals surface area contributed by atoms with Gasteiger partial charge in [-0.1, -0.05) is 20.3 Å². The molecule has 0 radical (unpaired) electrons. The second-order valence-corrected chi connectivity index (χ2v) is 7.36. The summed E-state index contributed by atoms with van der Waals surface area (Å²) in [7, 11) is 1.67. The number of rotatable bonds is 3. The zero-order valence-corrected chi connectivity index (χ0v) is 14.2. The lowest BCUT2D eigenvalue weighted by Crippen LogP contribution is -2.67. The Hall–Kier alpha value is -0.200. The Bertz CT molecular complexity index is 389. The summed E-state index contributed by atoms with van der Waals surface area (Å²) in [6.45, 7) is 6.43. The molecule has 5 nitrogen and oxygen atoms in total. The third-order valence-electron chi connectivity index (χ3n) is 6.42. The summed E-state index contributed by atoms with van der Waals surface area (Å²) in [5.41, 5.74) is -0.752. The van der Waals surface area contributed by atoms with Crippen LogP contribution in [-0.4, -0.2) is 36.7 Å². The first-order valence-electron chi connectivity index (χ1n) is 8.74. The third kappa shape index (κ3) is 2.33. The van der Waals surface area contributed by atoms with Gasteiger partial charge < -0.3 is 14.2 Å². The molecule has 2 saturated heterocycles. The van der Waals surface area contributed by atoms with Gasteiger partial charge in [0, 0.05) is 18.9 Å². The van der Waals surface area contributed by atoms with Crippen molar-refractivity contribution in [1.29, 1.82) is 0 Å². The largest absolute Gasteiger partial charge is 0.355 e. The lowest BCUT2D eigenvalue weighted by Gasteiger charge is -2.57. The van der Waals surface area contributed by atoms with Crippen LogP contribution in [0.15, 0.2) is 0 Å². The predicted molar refractivity (Wildman–Crippen MR) is 81.1 cm³/mol. The minimum atomic E-state index is -0.752. The van der Waals surface area contributed by atoms with Gasteiger partial charge in [-0.25, -0.2) is 4.89 Å². The summed E-state index contributed by atoms with van der Waals surface area (Å²) in [5.74, 6) is 1.19. The predicted octanol–water partition coefficient (Wildman–Crippen LogP) is 3.43. The maximum Gasteiger partial charge on any atom is 0.193 e. The van der Waals surface area contributed by atoms with Gasteiger partial charge >= 0.3 is 0 Å². The van der Waals surface area contributed by atoms with E-state index in [4.69, 9.17) is 19.1 Å². The molecule has 0 aromatic rings. The van der Waals surface area contributed by atoms with E-state index < -0.39 is 11.9 Å². The Morgan fingerprint density at radius 2 is 1.82 bits per heavy atom. The molecule has 3 rings (SSSR count). The molecule has 22 heavy (non-hydrogen) atoms. The van der Waals surface area contributed by atoms with E-state index in [1.54, 1.807) is 7.11 Å². The zero-order chi connectivity index (χ0) is 15.9. The summed E-state index contributed by atoms with van der Waals surface area (Å²) >= 11 is 0. The van der Waals surface area contributed by atoms with Gasteiger partial charge in [0.25, 0.3) is 0 Å². The van der Waals surface area contributed by atoms with E-state index in [0.717, 1.165) is 25.7 Å². The molecule has 0 aromatic carbocycles. The molecule has 0 bridgehead atoms. The van der Waals surface area contributed by atoms with Crippen LogP contribution in [0.4, 0.5) is 0 Å². The molecular formula is C17H30O5. The summed E-state index contributed by atoms with van der Waals surface area (Å²) in [6.07, 6.45) is 4.54.